The number of rotatable bonds is 1. The van der Waals surface area contributed by atoms with E-state index in [-0.39, 0.29) is 11.5 Å². The maximum atomic E-state index is 10.3. The molecule has 0 amide bonds. The van der Waals surface area contributed by atoms with Crippen LogP contribution >= 0.6 is 0 Å². The van der Waals surface area contributed by atoms with Crippen molar-refractivity contribution in [1.29, 1.82) is 0 Å². The summed E-state index contributed by atoms with van der Waals surface area (Å²) in [4.78, 5) is 1.94. The predicted octanol–water partition coefficient (Wildman–Crippen LogP) is 1.69. The van der Waals surface area contributed by atoms with Crippen LogP contribution in [0.1, 0.15) is 34.6 Å². The minimum Gasteiger partial charge on any atom is -0.388 e. The van der Waals surface area contributed by atoms with E-state index in [9.17, 15) is 5.11 Å². The van der Waals surface area contributed by atoms with Crippen LogP contribution in [0.2, 0.25) is 0 Å². The Bertz CT molecular complexity index is 260. The fraction of sp³-hybridized carbons (Fsp3) is 0.833. The molecule has 0 bridgehead atoms. The highest BCUT2D eigenvalue weighted by atomic mass is 16.3. The molecule has 1 saturated heterocycles. The van der Waals surface area contributed by atoms with E-state index in [0.29, 0.717) is 12.5 Å². The summed E-state index contributed by atoms with van der Waals surface area (Å²) in [5, 5.41) is 10.3. The summed E-state index contributed by atoms with van der Waals surface area (Å²) < 4.78 is 0. The maximum Gasteiger partial charge on any atom is 0.0871 e. The molecule has 0 aromatic heterocycles. The van der Waals surface area contributed by atoms with Gasteiger partial charge < -0.3 is 10.0 Å². The zero-order chi connectivity index (χ0) is 11.1. The van der Waals surface area contributed by atoms with Gasteiger partial charge in [-0.3, -0.25) is 0 Å². The molecule has 1 aliphatic heterocycles. The van der Waals surface area contributed by atoms with E-state index in [0.717, 1.165) is 0 Å². The summed E-state index contributed by atoms with van der Waals surface area (Å²) in [5.74, 6) is 0.454. The minimum atomic E-state index is -0.700. The molecule has 80 valence electrons. The van der Waals surface area contributed by atoms with Gasteiger partial charge in [-0.05, 0) is 12.8 Å². The highest BCUT2D eigenvalue weighted by Crippen LogP contribution is 2.46. The normalized spacial score (nSPS) is 36.1. The van der Waals surface area contributed by atoms with Crippen molar-refractivity contribution in [1.82, 2.24) is 4.90 Å². The Labute approximate surface area is 87.3 Å². The van der Waals surface area contributed by atoms with Gasteiger partial charge in [-0.2, -0.15) is 0 Å². The Balaban J connectivity index is 3.08. The molecule has 1 rings (SSSR count). The molecule has 0 aromatic rings. The molecule has 2 nitrogen and oxygen atoms in total. The topological polar surface area (TPSA) is 23.5 Å². The van der Waals surface area contributed by atoms with Gasteiger partial charge in [0.2, 0.25) is 0 Å². The van der Waals surface area contributed by atoms with Crippen molar-refractivity contribution < 1.29 is 5.11 Å². The molecular weight excluding hydrogens is 174 g/mol. The smallest absolute Gasteiger partial charge is 0.0871 e. The fourth-order valence-electron chi connectivity index (χ4n) is 2.66. The Morgan fingerprint density at radius 2 is 1.93 bits per heavy atom. The molecule has 0 radical (unpaired) electrons. The van der Waals surface area contributed by atoms with Crippen LogP contribution in [0.4, 0.5) is 0 Å². The zero-order valence-electron chi connectivity index (χ0n) is 9.83. The van der Waals surface area contributed by atoms with Crippen LogP contribution in [0.15, 0.2) is 0 Å². The van der Waals surface area contributed by atoms with Crippen LogP contribution in [0.25, 0.3) is 0 Å². The summed E-state index contributed by atoms with van der Waals surface area (Å²) in [7, 11) is 0. The zero-order valence-corrected chi connectivity index (χ0v) is 9.83. The Kier molecular flexibility index (Phi) is 2.58. The number of aliphatic hydroxyl groups is 1. The first-order valence-electron chi connectivity index (χ1n) is 5.19. The van der Waals surface area contributed by atoms with Gasteiger partial charge in [0, 0.05) is 17.5 Å². The van der Waals surface area contributed by atoms with Crippen molar-refractivity contribution in [3.8, 4) is 12.5 Å². The third-order valence-electron chi connectivity index (χ3n) is 3.74. The number of nitrogens with zero attached hydrogens (tertiary/aromatic N) is 1. The van der Waals surface area contributed by atoms with Gasteiger partial charge in [-0.15, -0.1) is 0 Å². The standard InChI is InChI=1S/C12H21NO/c1-7-13-8-12(6,14)11(4,5)10(13)9(2)3/h1,9-10,14H,8H2,2-6H3. The number of hydrogen-bond acceptors (Lipinski definition) is 2. The molecule has 0 aliphatic carbocycles. The first-order valence-corrected chi connectivity index (χ1v) is 5.19. The quantitative estimate of drug-likeness (QED) is 0.644. The van der Waals surface area contributed by atoms with Crippen molar-refractivity contribution in [2.24, 2.45) is 11.3 Å². The third kappa shape index (κ3) is 1.40. The summed E-state index contributed by atoms with van der Waals surface area (Å²) in [6, 6.07) is 2.93. The van der Waals surface area contributed by atoms with Crippen molar-refractivity contribution >= 4 is 0 Å². The van der Waals surface area contributed by atoms with Crippen LogP contribution in [0.5, 0.6) is 0 Å². The van der Waals surface area contributed by atoms with E-state index >= 15 is 0 Å². The lowest BCUT2D eigenvalue weighted by Gasteiger charge is -2.38. The number of likely N-dealkylation sites (tertiary alicyclic amines) is 1. The Morgan fingerprint density at radius 1 is 1.43 bits per heavy atom. The number of hydrogen-bond donors (Lipinski definition) is 1. The van der Waals surface area contributed by atoms with Crippen LogP contribution in [-0.2, 0) is 0 Å². The fourth-order valence-corrected chi connectivity index (χ4v) is 2.66. The Morgan fingerprint density at radius 3 is 2.21 bits per heavy atom. The van der Waals surface area contributed by atoms with Crippen LogP contribution < -0.4 is 0 Å². The van der Waals surface area contributed by atoms with E-state index in [2.05, 4.69) is 33.7 Å². The van der Waals surface area contributed by atoms with E-state index in [4.69, 9.17) is 6.42 Å². The van der Waals surface area contributed by atoms with Gasteiger partial charge in [0.05, 0.1) is 12.1 Å². The third-order valence-corrected chi connectivity index (χ3v) is 3.74. The minimum absolute atomic E-state index is 0.159. The lowest BCUT2D eigenvalue weighted by atomic mass is 9.71. The van der Waals surface area contributed by atoms with E-state index < -0.39 is 5.60 Å². The molecule has 2 atom stereocenters. The van der Waals surface area contributed by atoms with Gasteiger partial charge in [-0.1, -0.05) is 34.1 Å². The molecule has 1 heterocycles. The van der Waals surface area contributed by atoms with Crippen LogP contribution in [-0.4, -0.2) is 28.2 Å². The summed E-state index contributed by atoms with van der Waals surface area (Å²) in [5.41, 5.74) is -0.859. The lowest BCUT2D eigenvalue weighted by molar-refractivity contribution is -0.0265. The van der Waals surface area contributed by atoms with E-state index in [1.807, 2.05) is 11.8 Å². The van der Waals surface area contributed by atoms with Gasteiger partial charge in [0.25, 0.3) is 0 Å². The van der Waals surface area contributed by atoms with E-state index in [1.54, 1.807) is 0 Å². The SMILES string of the molecule is C#CN1CC(C)(O)C(C)(C)C1C(C)C. The second-order valence-electron chi connectivity index (χ2n) is 5.44. The second-order valence-corrected chi connectivity index (χ2v) is 5.44. The number of terminal acetylenes is 1. The summed E-state index contributed by atoms with van der Waals surface area (Å²) >= 11 is 0. The molecule has 2 unspecified atom stereocenters. The molecule has 1 aliphatic rings. The highest BCUT2D eigenvalue weighted by molar-refractivity contribution is 5.12. The molecular formula is C12H21NO. The van der Waals surface area contributed by atoms with Gasteiger partial charge in [0.15, 0.2) is 0 Å². The van der Waals surface area contributed by atoms with Crippen molar-refractivity contribution in [3.63, 3.8) is 0 Å². The van der Waals surface area contributed by atoms with Crippen molar-refractivity contribution in [2.75, 3.05) is 6.54 Å². The molecule has 14 heavy (non-hydrogen) atoms. The first kappa shape index (κ1) is 11.4. The average molecular weight is 195 g/mol. The predicted molar refractivity (Wildman–Crippen MR) is 58.6 cm³/mol. The number of β-amino-alcohol motifs (C(OH)–C–C–N with tert-alkyl or cyclic N) is 1. The molecule has 0 aromatic carbocycles. The maximum absolute atomic E-state index is 10.3. The summed E-state index contributed by atoms with van der Waals surface area (Å²) in [6.45, 7) is 10.9. The monoisotopic (exact) mass is 195 g/mol. The lowest BCUT2D eigenvalue weighted by Crippen LogP contribution is -2.45. The van der Waals surface area contributed by atoms with Crippen molar-refractivity contribution in [3.05, 3.63) is 0 Å². The Hall–Kier alpha value is -0.680. The van der Waals surface area contributed by atoms with Crippen LogP contribution in [0.3, 0.4) is 0 Å². The largest absolute Gasteiger partial charge is 0.388 e. The molecule has 1 fully saturated rings. The first-order chi connectivity index (χ1) is 6.24. The summed E-state index contributed by atoms with van der Waals surface area (Å²) in [6.07, 6.45) is 5.47. The molecule has 0 spiro atoms. The van der Waals surface area contributed by atoms with Crippen LogP contribution in [0, 0.1) is 23.8 Å². The average Bonchev–Trinajstić information content (AvgIpc) is 2.18. The second kappa shape index (κ2) is 3.17. The van der Waals surface area contributed by atoms with E-state index in [1.165, 1.54) is 0 Å². The van der Waals surface area contributed by atoms with Gasteiger partial charge >= 0.3 is 0 Å². The molecule has 0 saturated carbocycles. The van der Waals surface area contributed by atoms with Crippen molar-refractivity contribution in [2.45, 2.75) is 46.3 Å². The van der Waals surface area contributed by atoms with Gasteiger partial charge in [0.1, 0.15) is 0 Å². The highest BCUT2D eigenvalue weighted by Gasteiger charge is 2.55. The van der Waals surface area contributed by atoms with Gasteiger partial charge in [-0.25, -0.2) is 0 Å². The molecule has 2 heteroatoms. The molecule has 1 N–H and O–H groups in total.